The van der Waals surface area contributed by atoms with Crippen LogP contribution in [0.4, 0.5) is 0 Å². The third-order valence-electron chi connectivity index (χ3n) is 4.11. The number of piperidine rings is 1. The molecule has 7 nitrogen and oxygen atoms in total. The van der Waals surface area contributed by atoms with Gasteiger partial charge in [-0.15, -0.1) is 0 Å². The average Bonchev–Trinajstić information content (AvgIpc) is 3.01. The summed E-state index contributed by atoms with van der Waals surface area (Å²) in [6.45, 7) is 2.35. The highest BCUT2D eigenvalue weighted by Gasteiger charge is 2.45. The number of carbonyl (C=O) groups is 1. The quantitative estimate of drug-likeness (QED) is 0.790. The number of rotatable bonds is 4. The number of nitrogens with zero attached hydrogens (tertiary/aromatic N) is 4. The van der Waals surface area contributed by atoms with Gasteiger partial charge in [0, 0.05) is 39.6 Å². The lowest BCUT2D eigenvalue weighted by Gasteiger charge is -2.42. The van der Waals surface area contributed by atoms with E-state index in [2.05, 4.69) is 4.98 Å². The Bertz CT molecular complexity index is 587. The van der Waals surface area contributed by atoms with E-state index in [0.717, 1.165) is 0 Å². The summed E-state index contributed by atoms with van der Waals surface area (Å²) < 4.78 is 27.2. The molecular formula is C13H22N4O3S. The predicted molar refractivity (Wildman–Crippen MR) is 79.2 cm³/mol. The Hall–Kier alpha value is -1.41. The summed E-state index contributed by atoms with van der Waals surface area (Å²) in [6, 6.07) is 0. The van der Waals surface area contributed by atoms with E-state index in [1.807, 2.05) is 4.57 Å². The van der Waals surface area contributed by atoms with Gasteiger partial charge in [-0.3, -0.25) is 4.79 Å². The van der Waals surface area contributed by atoms with Crippen LogP contribution in [0.15, 0.2) is 18.7 Å². The first-order valence-electron chi connectivity index (χ1n) is 7.01. The fourth-order valence-corrected chi connectivity index (χ4v) is 3.93. The Morgan fingerprint density at radius 3 is 2.38 bits per heavy atom. The van der Waals surface area contributed by atoms with E-state index in [1.54, 1.807) is 44.6 Å². The van der Waals surface area contributed by atoms with Crippen LogP contribution in [0.1, 0.15) is 19.8 Å². The monoisotopic (exact) mass is 314 g/mol. The van der Waals surface area contributed by atoms with Crippen molar-refractivity contribution in [1.29, 1.82) is 0 Å². The minimum atomic E-state index is -3.20. The first-order chi connectivity index (χ1) is 9.83. The lowest BCUT2D eigenvalue weighted by Crippen LogP contribution is -2.55. The van der Waals surface area contributed by atoms with Crippen LogP contribution < -0.4 is 0 Å². The standard InChI is InChI=1S/C13H22N4O3S/c1-4-21(19,20)17-8-5-13(6-9-17,12(18)15(2)3)16-10-7-14-11-16/h7,10-11H,4-6,8-9H2,1-3H3. The van der Waals surface area contributed by atoms with E-state index in [-0.39, 0.29) is 11.7 Å². The highest BCUT2D eigenvalue weighted by molar-refractivity contribution is 7.89. The van der Waals surface area contributed by atoms with Gasteiger partial charge in [-0.2, -0.15) is 0 Å². The van der Waals surface area contributed by atoms with Crippen molar-refractivity contribution in [3.63, 3.8) is 0 Å². The molecule has 0 radical (unpaired) electrons. The van der Waals surface area contributed by atoms with E-state index in [9.17, 15) is 13.2 Å². The SMILES string of the molecule is CCS(=O)(=O)N1CCC(C(=O)N(C)C)(n2ccnc2)CC1. The van der Waals surface area contributed by atoms with Gasteiger partial charge in [-0.25, -0.2) is 17.7 Å². The Morgan fingerprint density at radius 2 is 1.95 bits per heavy atom. The first kappa shape index (κ1) is 16.0. The van der Waals surface area contributed by atoms with Gasteiger partial charge >= 0.3 is 0 Å². The average molecular weight is 314 g/mol. The molecule has 21 heavy (non-hydrogen) atoms. The number of sulfonamides is 1. The zero-order valence-electron chi connectivity index (χ0n) is 12.7. The van der Waals surface area contributed by atoms with E-state index in [4.69, 9.17) is 0 Å². The van der Waals surface area contributed by atoms with Crippen molar-refractivity contribution in [1.82, 2.24) is 18.8 Å². The van der Waals surface area contributed by atoms with Gasteiger partial charge in [0.1, 0.15) is 5.54 Å². The topological polar surface area (TPSA) is 75.5 Å². The smallest absolute Gasteiger partial charge is 0.248 e. The summed E-state index contributed by atoms with van der Waals surface area (Å²) in [6.07, 6.45) is 5.95. The van der Waals surface area contributed by atoms with E-state index in [1.165, 1.54) is 4.31 Å². The van der Waals surface area contributed by atoms with Gasteiger partial charge in [0.15, 0.2) is 0 Å². The van der Waals surface area contributed by atoms with Crippen LogP contribution in [0.3, 0.4) is 0 Å². The van der Waals surface area contributed by atoms with E-state index < -0.39 is 15.6 Å². The Labute approximate surface area is 125 Å². The highest BCUT2D eigenvalue weighted by atomic mass is 32.2. The lowest BCUT2D eigenvalue weighted by molar-refractivity contribution is -0.140. The van der Waals surface area contributed by atoms with Gasteiger partial charge in [-0.1, -0.05) is 0 Å². The van der Waals surface area contributed by atoms with Crippen molar-refractivity contribution in [2.45, 2.75) is 25.3 Å². The van der Waals surface area contributed by atoms with Gasteiger partial charge < -0.3 is 9.47 Å². The fourth-order valence-electron chi connectivity index (χ4n) is 2.83. The molecule has 0 aromatic carbocycles. The molecule has 1 aliphatic heterocycles. The van der Waals surface area contributed by atoms with Crippen molar-refractivity contribution in [2.75, 3.05) is 32.9 Å². The minimum absolute atomic E-state index is 0.0194. The molecule has 0 atom stereocenters. The number of hydrogen-bond donors (Lipinski definition) is 0. The molecule has 0 aliphatic carbocycles. The summed E-state index contributed by atoms with van der Waals surface area (Å²) in [5.74, 6) is 0.0706. The molecule has 2 heterocycles. The normalized spacial score (nSPS) is 19.4. The lowest BCUT2D eigenvalue weighted by atomic mass is 9.86. The van der Waals surface area contributed by atoms with Crippen LogP contribution in [-0.2, 0) is 20.4 Å². The van der Waals surface area contributed by atoms with Crippen LogP contribution in [0.5, 0.6) is 0 Å². The number of carbonyl (C=O) groups excluding carboxylic acids is 1. The summed E-state index contributed by atoms with van der Waals surface area (Å²) in [7, 11) is 0.234. The molecule has 0 bridgehead atoms. The third kappa shape index (κ3) is 2.82. The summed E-state index contributed by atoms with van der Waals surface area (Å²) in [5, 5.41) is 0. The summed E-state index contributed by atoms with van der Waals surface area (Å²) >= 11 is 0. The molecule has 0 N–H and O–H groups in total. The van der Waals surface area contributed by atoms with Gasteiger partial charge in [0.25, 0.3) is 0 Å². The molecular weight excluding hydrogens is 292 g/mol. The molecule has 1 amide bonds. The van der Waals surface area contributed by atoms with Crippen molar-refractivity contribution < 1.29 is 13.2 Å². The van der Waals surface area contributed by atoms with Gasteiger partial charge in [-0.05, 0) is 19.8 Å². The second-order valence-corrected chi connectivity index (χ2v) is 7.76. The van der Waals surface area contributed by atoms with Crippen molar-refractivity contribution in [2.24, 2.45) is 0 Å². The second-order valence-electron chi connectivity index (χ2n) is 5.50. The maximum absolute atomic E-state index is 12.7. The summed E-state index contributed by atoms with van der Waals surface area (Å²) in [4.78, 5) is 18.2. The van der Waals surface area contributed by atoms with Crippen LogP contribution >= 0.6 is 0 Å². The maximum atomic E-state index is 12.7. The minimum Gasteiger partial charge on any atom is -0.347 e. The van der Waals surface area contributed by atoms with Gasteiger partial charge in [0.2, 0.25) is 15.9 Å². The molecule has 0 spiro atoms. The highest BCUT2D eigenvalue weighted by Crippen LogP contribution is 2.32. The van der Waals surface area contributed by atoms with E-state index in [0.29, 0.717) is 25.9 Å². The molecule has 8 heteroatoms. The molecule has 0 unspecified atom stereocenters. The molecule has 1 fully saturated rings. The van der Waals surface area contributed by atoms with Crippen LogP contribution in [0, 0.1) is 0 Å². The third-order valence-corrected chi connectivity index (χ3v) is 5.99. The van der Waals surface area contributed by atoms with E-state index >= 15 is 0 Å². The number of hydrogen-bond acceptors (Lipinski definition) is 4. The molecule has 1 aliphatic rings. The molecule has 1 aromatic rings. The predicted octanol–water partition coefficient (Wildman–Crippen LogP) is 0.112. The molecule has 0 saturated carbocycles. The van der Waals surface area contributed by atoms with Gasteiger partial charge in [0.05, 0.1) is 12.1 Å². The zero-order chi connectivity index (χ0) is 15.7. The van der Waals surface area contributed by atoms with Crippen LogP contribution in [0.25, 0.3) is 0 Å². The fraction of sp³-hybridized carbons (Fsp3) is 0.692. The van der Waals surface area contributed by atoms with Crippen LogP contribution in [-0.4, -0.2) is 66.0 Å². The number of imidazole rings is 1. The molecule has 118 valence electrons. The number of amides is 1. The molecule has 1 saturated heterocycles. The zero-order valence-corrected chi connectivity index (χ0v) is 13.5. The number of aromatic nitrogens is 2. The number of likely N-dealkylation sites (N-methyl/N-ethyl adjacent to an activating group) is 1. The maximum Gasteiger partial charge on any atom is 0.248 e. The van der Waals surface area contributed by atoms with Crippen molar-refractivity contribution in [3.8, 4) is 0 Å². The Kier molecular flexibility index (Phi) is 4.38. The largest absolute Gasteiger partial charge is 0.347 e. The first-order valence-corrected chi connectivity index (χ1v) is 8.62. The molecule has 1 aromatic heterocycles. The Morgan fingerprint density at radius 1 is 1.33 bits per heavy atom. The second kappa shape index (κ2) is 5.76. The van der Waals surface area contributed by atoms with Crippen molar-refractivity contribution in [3.05, 3.63) is 18.7 Å². The molecule has 2 rings (SSSR count). The van der Waals surface area contributed by atoms with Crippen molar-refractivity contribution >= 4 is 15.9 Å². The Balaban J connectivity index is 2.29. The van der Waals surface area contributed by atoms with Crippen LogP contribution in [0.2, 0.25) is 0 Å². The summed E-state index contributed by atoms with van der Waals surface area (Å²) in [5.41, 5.74) is -0.736.